The molecule has 122 valence electrons. The Hall–Kier alpha value is -0.170. The molecule has 0 aliphatic rings. The van der Waals surface area contributed by atoms with Gasteiger partial charge in [0, 0.05) is 12.3 Å². The molecule has 1 aromatic rings. The van der Waals surface area contributed by atoms with Gasteiger partial charge in [-0.25, -0.2) is 4.79 Å². The molecule has 5 nitrogen and oxygen atoms in total. The Bertz CT molecular complexity index is 644. The summed E-state index contributed by atoms with van der Waals surface area (Å²) in [5.74, 6) is -0.727. The van der Waals surface area contributed by atoms with E-state index in [2.05, 4.69) is 4.98 Å². The van der Waals surface area contributed by atoms with Crippen molar-refractivity contribution in [2.75, 3.05) is 7.11 Å². The largest absolute Gasteiger partial charge is 0.499 e. The lowest BCUT2D eigenvalue weighted by Gasteiger charge is -2.13. The number of ketones is 1. The molecule has 0 unspecified atom stereocenters. The predicted molar refractivity (Wildman–Crippen MR) is 88.1 cm³/mol. The van der Waals surface area contributed by atoms with Crippen LogP contribution in [0.5, 0.6) is 0 Å². The van der Waals surface area contributed by atoms with E-state index >= 15 is 0 Å². The maximum Gasteiger partial charge on any atom is 0.348 e. The van der Waals surface area contributed by atoms with Crippen LogP contribution in [0.15, 0.2) is 28.9 Å². The molecule has 0 saturated heterocycles. The molecule has 22 heavy (non-hydrogen) atoms. The van der Waals surface area contributed by atoms with Crippen LogP contribution < -0.4 is 5.69 Å². The number of rotatable bonds is 4. The van der Waals surface area contributed by atoms with Gasteiger partial charge in [-0.3, -0.25) is 9.36 Å². The number of hydrogen-bond acceptors (Lipinski definition) is 4. The summed E-state index contributed by atoms with van der Waals surface area (Å²) in [6.45, 7) is -0.116. The summed E-state index contributed by atoms with van der Waals surface area (Å²) in [6.07, 6.45) is 2.31. The van der Waals surface area contributed by atoms with Crippen LogP contribution in [-0.4, -0.2) is 26.2 Å². The number of halogens is 6. The van der Waals surface area contributed by atoms with Gasteiger partial charge < -0.3 is 4.74 Å². The van der Waals surface area contributed by atoms with E-state index in [0.29, 0.717) is 0 Å². The summed E-state index contributed by atoms with van der Waals surface area (Å²) < 4.78 is 2.16. The number of methoxy groups -OCH3 is 1. The molecule has 11 heteroatoms. The van der Waals surface area contributed by atoms with Crippen LogP contribution in [0.25, 0.3) is 0 Å². The minimum Gasteiger partial charge on any atom is -0.499 e. The summed E-state index contributed by atoms with van der Waals surface area (Å²) in [7, 11) is 1.30. The molecule has 0 bridgehead atoms. The van der Waals surface area contributed by atoms with Gasteiger partial charge in [0.05, 0.1) is 19.3 Å². The molecule has 0 aromatic carbocycles. The summed E-state index contributed by atoms with van der Waals surface area (Å²) in [5, 5.41) is 0. The monoisotopic (exact) mass is 426 g/mol. The van der Waals surface area contributed by atoms with Gasteiger partial charge in [-0.2, -0.15) is 4.98 Å². The normalized spacial score (nSPS) is 13.1. The van der Waals surface area contributed by atoms with Gasteiger partial charge >= 0.3 is 5.69 Å². The molecule has 1 heterocycles. The summed E-state index contributed by atoms with van der Waals surface area (Å²) in [4.78, 5) is 27.1. The molecule has 0 atom stereocenters. The van der Waals surface area contributed by atoms with Crippen molar-refractivity contribution in [1.82, 2.24) is 9.55 Å². The number of nitrogens with zero attached hydrogens (tertiary/aromatic N) is 2. The van der Waals surface area contributed by atoms with Crippen LogP contribution in [0.3, 0.4) is 0 Å². The van der Waals surface area contributed by atoms with E-state index in [1.54, 1.807) is 0 Å². The molecule has 0 saturated carbocycles. The highest BCUT2D eigenvalue weighted by molar-refractivity contribution is 6.77. The second-order valence-electron chi connectivity index (χ2n) is 3.90. The van der Waals surface area contributed by atoms with E-state index in [1.807, 2.05) is 0 Å². The number of ether oxygens (including phenoxy) is 1. The third-order valence-corrected chi connectivity index (χ3v) is 3.46. The van der Waals surface area contributed by atoms with Crippen molar-refractivity contribution in [3.05, 3.63) is 40.3 Å². The van der Waals surface area contributed by atoms with Crippen molar-refractivity contribution in [3.8, 4) is 0 Å². The molecule has 0 amide bonds. The SMILES string of the molecule is CO/C(=C\C(=O)C(Cl)(Cl)Cl)Cn1ccc(C(Cl)(Cl)Cl)nc1=O. The Morgan fingerprint density at radius 2 is 1.91 bits per heavy atom. The number of allylic oxidation sites excluding steroid dienone is 2. The fourth-order valence-corrected chi connectivity index (χ4v) is 1.75. The Morgan fingerprint density at radius 3 is 2.32 bits per heavy atom. The highest BCUT2D eigenvalue weighted by Crippen LogP contribution is 2.36. The molecule has 0 N–H and O–H groups in total. The molecule has 0 aliphatic carbocycles. The minimum atomic E-state index is -2.12. The summed E-state index contributed by atoms with van der Waals surface area (Å²) in [5.41, 5.74) is -0.729. The molecular formula is C11H8Cl6N2O3. The van der Waals surface area contributed by atoms with Gasteiger partial charge in [-0.1, -0.05) is 69.6 Å². The first-order valence-corrected chi connectivity index (χ1v) is 7.72. The fourth-order valence-electron chi connectivity index (χ4n) is 1.27. The van der Waals surface area contributed by atoms with E-state index < -0.39 is 19.1 Å². The first-order chi connectivity index (χ1) is 9.95. The van der Waals surface area contributed by atoms with Crippen molar-refractivity contribution in [3.63, 3.8) is 0 Å². The number of hydrogen-bond donors (Lipinski definition) is 0. The zero-order valence-electron chi connectivity index (χ0n) is 10.8. The smallest absolute Gasteiger partial charge is 0.348 e. The molecule has 1 rings (SSSR count). The lowest BCUT2D eigenvalue weighted by molar-refractivity contribution is -0.114. The van der Waals surface area contributed by atoms with Crippen molar-refractivity contribution < 1.29 is 9.53 Å². The summed E-state index contributed by atoms with van der Waals surface area (Å²) in [6, 6.07) is 1.35. The van der Waals surface area contributed by atoms with Crippen molar-refractivity contribution in [1.29, 1.82) is 0 Å². The second kappa shape index (κ2) is 7.60. The molecule has 0 spiro atoms. The minimum absolute atomic E-state index is 0.0286. The molecule has 1 aromatic heterocycles. The van der Waals surface area contributed by atoms with Crippen molar-refractivity contribution in [2.45, 2.75) is 14.1 Å². The Kier molecular flexibility index (Phi) is 6.87. The fraction of sp³-hybridized carbons (Fsp3) is 0.364. The van der Waals surface area contributed by atoms with Crippen LogP contribution >= 0.6 is 69.6 Å². The maximum atomic E-state index is 11.9. The van der Waals surface area contributed by atoms with Crippen LogP contribution in [-0.2, 0) is 19.9 Å². The molecular weight excluding hydrogens is 421 g/mol. The van der Waals surface area contributed by atoms with Gasteiger partial charge in [0.2, 0.25) is 9.58 Å². The van der Waals surface area contributed by atoms with Crippen molar-refractivity contribution >= 4 is 75.4 Å². The van der Waals surface area contributed by atoms with Gasteiger partial charge in [0.25, 0.3) is 3.79 Å². The average Bonchev–Trinajstić information content (AvgIpc) is 2.37. The van der Waals surface area contributed by atoms with Crippen molar-refractivity contribution in [2.24, 2.45) is 0 Å². The average molecular weight is 429 g/mol. The lowest BCUT2D eigenvalue weighted by atomic mass is 10.3. The third-order valence-electron chi connectivity index (χ3n) is 2.32. The Labute approximate surface area is 155 Å². The topological polar surface area (TPSA) is 61.2 Å². The number of carbonyl (C=O) groups excluding carboxylic acids is 1. The number of carbonyl (C=O) groups is 1. The first kappa shape index (κ1) is 19.9. The van der Waals surface area contributed by atoms with Gasteiger partial charge in [-0.05, 0) is 6.07 Å². The van der Waals surface area contributed by atoms with E-state index in [0.717, 1.165) is 10.6 Å². The first-order valence-electron chi connectivity index (χ1n) is 5.45. The van der Waals surface area contributed by atoms with Gasteiger partial charge in [0.1, 0.15) is 5.76 Å². The van der Waals surface area contributed by atoms with Crippen LogP contribution in [0.2, 0.25) is 0 Å². The molecule has 0 aliphatic heterocycles. The van der Waals surface area contributed by atoms with E-state index in [4.69, 9.17) is 74.3 Å². The van der Waals surface area contributed by atoms with Crippen LogP contribution in [0.4, 0.5) is 0 Å². The van der Waals surface area contributed by atoms with Gasteiger partial charge in [0.15, 0.2) is 0 Å². The lowest BCUT2D eigenvalue weighted by Crippen LogP contribution is -2.27. The zero-order valence-corrected chi connectivity index (χ0v) is 15.4. The van der Waals surface area contributed by atoms with Gasteiger partial charge in [-0.15, -0.1) is 0 Å². The second-order valence-corrected chi connectivity index (χ2v) is 8.46. The van der Waals surface area contributed by atoms with E-state index in [1.165, 1.54) is 19.4 Å². The molecule has 0 radical (unpaired) electrons. The Morgan fingerprint density at radius 1 is 1.32 bits per heavy atom. The van der Waals surface area contributed by atoms with E-state index in [-0.39, 0.29) is 18.0 Å². The highest BCUT2D eigenvalue weighted by atomic mass is 35.6. The maximum absolute atomic E-state index is 11.9. The van der Waals surface area contributed by atoms with Crippen LogP contribution in [0.1, 0.15) is 5.69 Å². The quantitative estimate of drug-likeness (QED) is 0.418. The molecule has 0 fully saturated rings. The van der Waals surface area contributed by atoms with Crippen LogP contribution in [0, 0.1) is 0 Å². The summed E-state index contributed by atoms with van der Waals surface area (Å²) >= 11 is 33.2. The highest BCUT2D eigenvalue weighted by Gasteiger charge is 2.29. The zero-order chi connectivity index (χ0) is 17.1. The van der Waals surface area contributed by atoms with E-state index in [9.17, 15) is 9.59 Å². The predicted octanol–water partition coefficient (Wildman–Crippen LogP) is 3.54. The third kappa shape index (κ3) is 5.80. The standard InChI is InChI=1S/C11H8Cl6N2O3/c1-22-6(4-8(20)11(15,16)17)5-19-3-2-7(10(12,13)14)18-9(19)21/h2-4H,5H2,1H3/b6-4-. The Balaban J connectivity index is 3.06. The number of aromatic nitrogens is 2. The number of alkyl halides is 6.